The number of likely N-dealkylation sites (tertiary alicyclic amines) is 1. The maximum Gasteiger partial charge on any atom is 0.522 e. The molecular formula is C16H20F3NO2. The third kappa shape index (κ3) is 5.69. The molecule has 0 bridgehead atoms. The van der Waals surface area contributed by atoms with Crippen molar-refractivity contribution >= 4 is 6.08 Å². The molecular weight excluding hydrogens is 295 g/mol. The van der Waals surface area contributed by atoms with Crippen LogP contribution in [0.1, 0.15) is 18.4 Å². The van der Waals surface area contributed by atoms with Gasteiger partial charge in [-0.1, -0.05) is 24.3 Å². The third-order valence-electron chi connectivity index (χ3n) is 3.62. The first-order valence-electron chi connectivity index (χ1n) is 7.24. The van der Waals surface area contributed by atoms with Gasteiger partial charge in [0.15, 0.2) is 0 Å². The summed E-state index contributed by atoms with van der Waals surface area (Å²) in [4.78, 5) is 2.12. The summed E-state index contributed by atoms with van der Waals surface area (Å²) in [7, 11) is 1.62. The van der Waals surface area contributed by atoms with E-state index >= 15 is 0 Å². The van der Waals surface area contributed by atoms with E-state index in [1.54, 1.807) is 7.11 Å². The highest BCUT2D eigenvalue weighted by molar-refractivity contribution is 5.50. The minimum atomic E-state index is -4.53. The molecule has 0 unspecified atom stereocenters. The third-order valence-corrected chi connectivity index (χ3v) is 3.62. The van der Waals surface area contributed by atoms with Crippen LogP contribution in [-0.4, -0.2) is 44.1 Å². The smallest absolute Gasteiger partial charge is 0.497 e. The molecule has 0 aliphatic carbocycles. The van der Waals surface area contributed by atoms with Gasteiger partial charge in [-0.3, -0.25) is 9.64 Å². The Balaban J connectivity index is 1.73. The number of piperidine rings is 1. The molecule has 0 spiro atoms. The highest BCUT2D eigenvalue weighted by Crippen LogP contribution is 2.24. The quantitative estimate of drug-likeness (QED) is 0.827. The molecule has 0 N–H and O–H groups in total. The van der Waals surface area contributed by atoms with E-state index in [9.17, 15) is 13.2 Å². The average Bonchev–Trinajstić information content (AvgIpc) is 2.48. The van der Waals surface area contributed by atoms with Crippen molar-refractivity contribution in [1.29, 1.82) is 0 Å². The zero-order valence-electron chi connectivity index (χ0n) is 12.5. The van der Waals surface area contributed by atoms with Crippen LogP contribution in [0.25, 0.3) is 6.08 Å². The molecule has 1 aromatic rings. The molecule has 0 atom stereocenters. The molecule has 122 valence electrons. The highest BCUT2D eigenvalue weighted by atomic mass is 19.4. The van der Waals surface area contributed by atoms with E-state index in [0.29, 0.717) is 25.9 Å². The molecule has 22 heavy (non-hydrogen) atoms. The van der Waals surface area contributed by atoms with E-state index in [2.05, 4.69) is 9.64 Å². The number of nitrogens with zero attached hydrogens (tertiary/aromatic N) is 1. The highest BCUT2D eigenvalue weighted by Gasteiger charge is 2.34. The maximum absolute atomic E-state index is 12.1. The number of rotatable bonds is 5. The Kier molecular flexibility index (Phi) is 5.85. The van der Waals surface area contributed by atoms with Crippen molar-refractivity contribution in [2.75, 3.05) is 26.7 Å². The van der Waals surface area contributed by atoms with Crippen LogP contribution in [0.3, 0.4) is 0 Å². The maximum atomic E-state index is 12.1. The second-order valence-corrected chi connectivity index (χ2v) is 5.24. The summed E-state index contributed by atoms with van der Waals surface area (Å²) in [6, 6.07) is 7.69. The van der Waals surface area contributed by atoms with E-state index in [-0.39, 0.29) is 0 Å². The molecule has 0 aromatic heterocycles. The van der Waals surface area contributed by atoms with Crippen molar-refractivity contribution < 1.29 is 22.6 Å². The summed E-state index contributed by atoms with van der Waals surface area (Å²) in [5, 5.41) is 0. The molecule has 0 saturated carbocycles. The van der Waals surface area contributed by atoms with Crippen LogP contribution in [0, 0.1) is 0 Å². The first kappa shape index (κ1) is 16.8. The Morgan fingerprint density at radius 2 is 1.82 bits per heavy atom. The lowest BCUT2D eigenvalue weighted by Gasteiger charge is -2.31. The molecule has 1 heterocycles. The van der Waals surface area contributed by atoms with Gasteiger partial charge in [0.1, 0.15) is 5.75 Å². The fourth-order valence-corrected chi connectivity index (χ4v) is 2.45. The summed E-state index contributed by atoms with van der Waals surface area (Å²) in [5.41, 5.74) is 1.07. The van der Waals surface area contributed by atoms with Gasteiger partial charge in [-0.2, -0.15) is 0 Å². The lowest BCUT2D eigenvalue weighted by atomic mass is 10.1. The summed E-state index contributed by atoms with van der Waals surface area (Å²) < 4.78 is 45.5. The van der Waals surface area contributed by atoms with Crippen LogP contribution < -0.4 is 4.74 Å². The van der Waals surface area contributed by atoms with Crippen molar-refractivity contribution in [2.45, 2.75) is 25.3 Å². The van der Waals surface area contributed by atoms with Crippen molar-refractivity contribution in [3.8, 4) is 5.75 Å². The van der Waals surface area contributed by atoms with Gasteiger partial charge in [-0.25, -0.2) is 0 Å². The van der Waals surface area contributed by atoms with Crippen LogP contribution >= 0.6 is 0 Å². The van der Waals surface area contributed by atoms with E-state index in [0.717, 1.165) is 17.9 Å². The fourth-order valence-electron chi connectivity index (χ4n) is 2.45. The molecule has 2 rings (SSSR count). The average molecular weight is 315 g/mol. The predicted octanol–water partition coefficient (Wildman–Crippen LogP) is 3.71. The minimum Gasteiger partial charge on any atom is -0.497 e. The van der Waals surface area contributed by atoms with Crippen LogP contribution in [0.4, 0.5) is 13.2 Å². The first-order valence-corrected chi connectivity index (χ1v) is 7.24. The van der Waals surface area contributed by atoms with Crippen molar-refractivity contribution in [3.05, 3.63) is 35.9 Å². The van der Waals surface area contributed by atoms with E-state index in [4.69, 9.17) is 4.74 Å². The molecule has 3 nitrogen and oxygen atoms in total. The number of halogens is 3. The van der Waals surface area contributed by atoms with E-state index < -0.39 is 12.5 Å². The zero-order chi connectivity index (χ0) is 16.0. The van der Waals surface area contributed by atoms with Crippen LogP contribution in [0.2, 0.25) is 0 Å². The molecule has 1 aromatic carbocycles. The van der Waals surface area contributed by atoms with Gasteiger partial charge in [-0.15, -0.1) is 13.2 Å². The normalized spacial score (nSPS) is 18.0. The van der Waals surface area contributed by atoms with Crippen molar-refractivity contribution in [3.63, 3.8) is 0 Å². The van der Waals surface area contributed by atoms with Crippen molar-refractivity contribution in [2.24, 2.45) is 0 Å². The standard InChI is InChI=1S/C16H20F3NO2/c1-21-14-6-4-13(5-7-14)3-2-10-20-11-8-15(9-12-20)22-16(17,18)19/h2-7,15H,8-12H2,1H3. The van der Waals surface area contributed by atoms with E-state index in [1.165, 1.54) is 0 Å². The van der Waals surface area contributed by atoms with Gasteiger partial charge < -0.3 is 4.74 Å². The lowest BCUT2D eigenvalue weighted by Crippen LogP contribution is -2.39. The van der Waals surface area contributed by atoms with Gasteiger partial charge in [0.25, 0.3) is 0 Å². The van der Waals surface area contributed by atoms with Gasteiger partial charge in [-0.05, 0) is 30.5 Å². The van der Waals surface area contributed by atoms with Crippen LogP contribution in [0.5, 0.6) is 5.75 Å². The summed E-state index contributed by atoms with van der Waals surface area (Å²) >= 11 is 0. The Hall–Kier alpha value is -1.53. The summed E-state index contributed by atoms with van der Waals surface area (Å²) in [5.74, 6) is 0.809. The first-order chi connectivity index (χ1) is 10.5. The SMILES string of the molecule is COc1ccc(C=CCN2CCC(OC(F)(F)F)CC2)cc1. The van der Waals surface area contributed by atoms with Gasteiger partial charge >= 0.3 is 6.36 Å². The van der Waals surface area contributed by atoms with Crippen molar-refractivity contribution in [1.82, 2.24) is 4.90 Å². The van der Waals surface area contributed by atoms with Gasteiger partial charge in [0.05, 0.1) is 13.2 Å². The minimum absolute atomic E-state index is 0.413. The second kappa shape index (κ2) is 7.65. The molecule has 1 aliphatic heterocycles. The number of alkyl halides is 3. The molecule has 6 heteroatoms. The molecule has 1 aliphatic rings. The lowest BCUT2D eigenvalue weighted by molar-refractivity contribution is -0.345. The Labute approximate surface area is 128 Å². The Morgan fingerprint density at radius 1 is 1.18 bits per heavy atom. The number of ether oxygens (including phenoxy) is 2. The predicted molar refractivity (Wildman–Crippen MR) is 78.6 cm³/mol. The summed E-state index contributed by atoms with van der Waals surface area (Å²) in [6.07, 6.45) is -0.390. The number of benzene rings is 1. The molecule has 1 fully saturated rings. The summed E-state index contributed by atoms with van der Waals surface area (Å²) in [6.45, 7) is 1.96. The molecule has 0 radical (unpaired) electrons. The second-order valence-electron chi connectivity index (χ2n) is 5.24. The number of methoxy groups -OCH3 is 1. The van der Waals surface area contributed by atoms with E-state index in [1.807, 2.05) is 36.4 Å². The number of hydrogen-bond acceptors (Lipinski definition) is 3. The van der Waals surface area contributed by atoms with Gasteiger partial charge in [0.2, 0.25) is 0 Å². The monoisotopic (exact) mass is 315 g/mol. The topological polar surface area (TPSA) is 21.7 Å². The number of hydrogen-bond donors (Lipinski definition) is 0. The van der Waals surface area contributed by atoms with Crippen LogP contribution in [0.15, 0.2) is 30.3 Å². The van der Waals surface area contributed by atoms with Crippen LogP contribution in [-0.2, 0) is 4.74 Å². The van der Waals surface area contributed by atoms with Gasteiger partial charge in [0, 0.05) is 19.6 Å². The Bertz CT molecular complexity index is 477. The zero-order valence-corrected chi connectivity index (χ0v) is 12.5. The fraction of sp³-hybridized carbons (Fsp3) is 0.500. The Morgan fingerprint density at radius 3 is 2.36 bits per heavy atom. The molecule has 1 saturated heterocycles. The molecule has 0 amide bonds. The largest absolute Gasteiger partial charge is 0.522 e.